The number of carbonyl (C=O) groups is 1. The summed E-state index contributed by atoms with van der Waals surface area (Å²) in [6, 6.07) is 16.6. The highest BCUT2D eigenvalue weighted by atomic mass is 16.5. The lowest BCUT2D eigenvalue weighted by Crippen LogP contribution is -2.12. The summed E-state index contributed by atoms with van der Waals surface area (Å²) in [7, 11) is 3.11. The lowest BCUT2D eigenvalue weighted by Gasteiger charge is -2.09. The van der Waals surface area contributed by atoms with Crippen molar-refractivity contribution in [3.63, 3.8) is 0 Å². The van der Waals surface area contributed by atoms with Gasteiger partial charge in [-0.1, -0.05) is 24.3 Å². The van der Waals surface area contributed by atoms with Crippen LogP contribution in [0.4, 0.5) is 4.79 Å². The number of aromatic nitrogens is 2. The van der Waals surface area contributed by atoms with Gasteiger partial charge in [0, 0.05) is 6.20 Å². The van der Waals surface area contributed by atoms with E-state index in [4.69, 9.17) is 14.2 Å². The van der Waals surface area contributed by atoms with Gasteiger partial charge >= 0.3 is 6.09 Å². The second-order valence-corrected chi connectivity index (χ2v) is 5.52. The third-order valence-electron chi connectivity index (χ3n) is 3.75. The number of methoxy groups -OCH3 is 2. The first-order chi connectivity index (χ1) is 13.2. The number of nitrogens with zero attached hydrogens (tertiary/aromatic N) is 3. The molecule has 0 aliphatic rings. The molecule has 27 heavy (non-hydrogen) atoms. The average molecular weight is 365 g/mol. The first-order valence-corrected chi connectivity index (χ1v) is 8.22. The Morgan fingerprint density at radius 2 is 1.81 bits per heavy atom. The molecule has 0 fully saturated rings. The fourth-order valence-corrected chi connectivity index (χ4v) is 2.40. The fraction of sp³-hybridized carbons (Fsp3) is 0.150. The molecule has 0 radical (unpaired) electrons. The van der Waals surface area contributed by atoms with Gasteiger partial charge in [-0.3, -0.25) is 0 Å². The number of amides is 1. The molecule has 3 rings (SSSR count). The molecule has 1 heterocycles. The maximum atomic E-state index is 11.9. The normalized spacial score (nSPS) is 11.1. The third kappa shape index (κ3) is 4.72. The van der Waals surface area contributed by atoms with Crippen LogP contribution in [0.2, 0.25) is 0 Å². The molecule has 0 bridgehead atoms. The Hall–Kier alpha value is -3.61. The zero-order valence-corrected chi connectivity index (χ0v) is 15.0. The summed E-state index contributed by atoms with van der Waals surface area (Å²) < 4.78 is 17.3. The quantitative estimate of drug-likeness (QED) is 0.694. The number of rotatable bonds is 5. The lowest BCUT2D eigenvalue weighted by molar-refractivity contribution is 0.149. The van der Waals surface area contributed by atoms with Crippen LogP contribution in [0.5, 0.6) is 11.5 Å². The van der Waals surface area contributed by atoms with Crippen LogP contribution in [-0.4, -0.2) is 30.1 Å². The van der Waals surface area contributed by atoms with Crippen LogP contribution >= 0.6 is 0 Å². The van der Waals surface area contributed by atoms with Gasteiger partial charge in [0.2, 0.25) is 0 Å². The van der Waals surface area contributed by atoms with Gasteiger partial charge < -0.3 is 14.2 Å². The Morgan fingerprint density at radius 1 is 1.04 bits per heavy atom. The molecular weight excluding hydrogens is 346 g/mol. The molecular formula is C20H19N3O4. The fourth-order valence-electron chi connectivity index (χ4n) is 2.40. The van der Waals surface area contributed by atoms with Gasteiger partial charge in [0.15, 0.2) is 11.5 Å². The first-order valence-electron chi connectivity index (χ1n) is 8.22. The smallest absolute Gasteiger partial charge is 0.434 e. The maximum Gasteiger partial charge on any atom is 0.434 e. The van der Waals surface area contributed by atoms with E-state index in [0.29, 0.717) is 16.9 Å². The van der Waals surface area contributed by atoms with Crippen molar-refractivity contribution in [3.05, 3.63) is 77.9 Å². The van der Waals surface area contributed by atoms with Gasteiger partial charge in [0.25, 0.3) is 0 Å². The second kappa shape index (κ2) is 8.66. The molecule has 0 spiro atoms. The standard InChI is InChI=1S/C20H19N3O4/c1-25-18-9-8-15(12-19(18)26-2)14-27-20(24)22-16-10-11-23(21-13-16)17-6-4-3-5-7-17/h3-13H,14H2,1-2H3/b22-16+. The number of ether oxygens (including phenoxy) is 3. The third-order valence-corrected chi connectivity index (χ3v) is 3.75. The number of hydrogen-bond acceptors (Lipinski definition) is 5. The number of para-hydroxylation sites is 1. The predicted octanol–water partition coefficient (Wildman–Crippen LogP) is 3.13. The first kappa shape index (κ1) is 18.2. The molecule has 7 heteroatoms. The van der Waals surface area contributed by atoms with Crippen LogP contribution < -0.4 is 14.8 Å². The van der Waals surface area contributed by atoms with Gasteiger partial charge in [-0.05, 0) is 35.9 Å². The van der Waals surface area contributed by atoms with Crippen molar-refractivity contribution in [2.45, 2.75) is 6.61 Å². The highest BCUT2D eigenvalue weighted by Gasteiger charge is 2.06. The molecule has 3 aromatic rings. The average Bonchev–Trinajstić information content (AvgIpc) is 2.73. The second-order valence-electron chi connectivity index (χ2n) is 5.52. The lowest BCUT2D eigenvalue weighted by atomic mass is 10.2. The Bertz CT molecular complexity index is 964. The van der Waals surface area contributed by atoms with Crippen LogP contribution in [0.15, 0.2) is 72.0 Å². The Labute approximate surface area is 156 Å². The van der Waals surface area contributed by atoms with Crippen LogP contribution in [-0.2, 0) is 11.3 Å². The predicted molar refractivity (Wildman–Crippen MR) is 98.9 cm³/mol. The molecule has 0 aliphatic heterocycles. The maximum absolute atomic E-state index is 11.9. The highest BCUT2D eigenvalue weighted by molar-refractivity contribution is 5.68. The van der Waals surface area contributed by atoms with Crippen molar-refractivity contribution >= 4 is 6.09 Å². The SMILES string of the molecule is COc1ccc(COC(=O)/N=c2\ccn(-c3ccccc3)nc2)cc1OC. The van der Waals surface area contributed by atoms with Crippen molar-refractivity contribution in [3.8, 4) is 17.2 Å². The summed E-state index contributed by atoms with van der Waals surface area (Å²) in [4.78, 5) is 15.8. The zero-order chi connectivity index (χ0) is 19.1. The van der Waals surface area contributed by atoms with Crippen LogP contribution in [0.3, 0.4) is 0 Å². The topological polar surface area (TPSA) is 74.9 Å². The van der Waals surface area contributed by atoms with Gasteiger partial charge in [0.05, 0.1) is 31.5 Å². The van der Waals surface area contributed by atoms with E-state index < -0.39 is 6.09 Å². The summed E-state index contributed by atoms with van der Waals surface area (Å²) in [5.74, 6) is 1.18. The largest absolute Gasteiger partial charge is 0.493 e. The highest BCUT2D eigenvalue weighted by Crippen LogP contribution is 2.27. The van der Waals surface area contributed by atoms with E-state index in [2.05, 4.69) is 10.1 Å². The van der Waals surface area contributed by atoms with Crippen molar-refractivity contribution in [2.75, 3.05) is 14.2 Å². The molecule has 0 unspecified atom stereocenters. The molecule has 2 aromatic carbocycles. The zero-order valence-electron chi connectivity index (χ0n) is 15.0. The number of benzene rings is 2. The van der Waals surface area contributed by atoms with Crippen molar-refractivity contribution < 1.29 is 19.0 Å². The minimum absolute atomic E-state index is 0.0764. The van der Waals surface area contributed by atoms with Crippen LogP contribution in [0.25, 0.3) is 5.69 Å². The van der Waals surface area contributed by atoms with E-state index in [9.17, 15) is 4.79 Å². The van der Waals surface area contributed by atoms with E-state index in [-0.39, 0.29) is 6.61 Å². The molecule has 0 N–H and O–H groups in total. The monoisotopic (exact) mass is 365 g/mol. The van der Waals surface area contributed by atoms with Crippen molar-refractivity contribution in [1.82, 2.24) is 9.78 Å². The molecule has 1 amide bonds. The Balaban J connectivity index is 1.65. The summed E-state index contributed by atoms with van der Waals surface area (Å²) >= 11 is 0. The minimum atomic E-state index is -0.691. The van der Waals surface area contributed by atoms with Crippen LogP contribution in [0, 0.1) is 0 Å². The van der Waals surface area contributed by atoms with E-state index in [1.807, 2.05) is 30.3 Å². The molecule has 7 nitrogen and oxygen atoms in total. The molecule has 0 saturated carbocycles. The van der Waals surface area contributed by atoms with E-state index in [0.717, 1.165) is 11.3 Å². The molecule has 0 atom stereocenters. The molecule has 138 valence electrons. The molecule has 0 aliphatic carbocycles. The summed E-state index contributed by atoms with van der Waals surface area (Å²) in [5, 5.41) is 4.66. The Morgan fingerprint density at radius 3 is 2.48 bits per heavy atom. The van der Waals surface area contributed by atoms with Crippen molar-refractivity contribution in [2.24, 2.45) is 4.99 Å². The summed E-state index contributed by atoms with van der Waals surface area (Å²) in [6.07, 6.45) is 2.55. The molecule has 0 saturated heterocycles. The van der Waals surface area contributed by atoms with Gasteiger partial charge in [-0.15, -0.1) is 0 Å². The van der Waals surface area contributed by atoms with E-state index in [1.165, 1.54) is 6.20 Å². The van der Waals surface area contributed by atoms with Gasteiger partial charge in [0.1, 0.15) is 6.61 Å². The van der Waals surface area contributed by atoms with E-state index in [1.54, 1.807) is 49.4 Å². The minimum Gasteiger partial charge on any atom is -0.493 e. The number of carbonyl (C=O) groups excluding carboxylic acids is 1. The summed E-state index contributed by atoms with van der Waals surface area (Å²) in [6.45, 7) is 0.0764. The Kier molecular flexibility index (Phi) is 5.84. The van der Waals surface area contributed by atoms with Crippen LogP contribution in [0.1, 0.15) is 5.56 Å². The summed E-state index contributed by atoms with van der Waals surface area (Å²) in [5.41, 5.74) is 1.68. The van der Waals surface area contributed by atoms with Gasteiger partial charge in [-0.25, -0.2) is 9.48 Å². The van der Waals surface area contributed by atoms with E-state index >= 15 is 0 Å². The molecule has 1 aromatic heterocycles. The number of hydrogen-bond donors (Lipinski definition) is 0. The van der Waals surface area contributed by atoms with Gasteiger partial charge in [-0.2, -0.15) is 10.1 Å². The van der Waals surface area contributed by atoms with Crippen molar-refractivity contribution in [1.29, 1.82) is 0 Å².